The Kier molecular flexibility index (Phi) is 6.73. The third-order valence-electron chi connectivity index (χ3n) is 6.46. The summed E-state index contributed by atoms with van der Waals surface area (Å²) in [6, 6.07) is 14.8. The van der Waals surface area contributed by atoms with Crippen molar-refractivity contribution in [1.29, 1.82) is 0 Å². The number of halogens is 2. The van der Waals surface area contributed by atoms with Gasteiger partial charge < -0.3 is 19.3 Å². The molecule has 7 nitrogen and oxygen atoms in total. The maximum absolute atomic E-state index is 13.4. The molecule has 0 unspecified atom stereocenters. The third-order valence-corrected chi connectivity index (χ3v) is 6.71. The zero-order valence-electron chi connectivity index (χ0n) is 20.1. The smallest absolute Gasteiger partial charge is 0.340 e. The number of nitrogens with one attached hydrogen (secondary N) is 1. The van der Waals surface area contributed by atoms with Crippen molar-refractivity contribution in [2.45, 2.75) is 25.8 Å². The van der Waals surface area contributed by atoms with E-state index in [4.69, 9.17) is 20.4 Å². The second-order valence-corrected chi connectivity index (χ2v) is 9.40. The molecule has 192 valence electrons. The summed E-state index contributed by atoms with van der Waals surface area (Å²) in [6.07, 6.45) is 1.24. The minimum Gasteiger partial charge on any atom is -0.480 e. The van der Waals surface area contributed by atoms with Crippen LogP contribution in [0, 0.1) is 12.7 Å². The quantitative estimate of drug-likeness (QED) is 0.261. The molecule has 2 aromatic heterocycles. The monoisotopic (exact) mass is 533 g/mol. The number of furan rings is 1. The molecule has 1 atom stereocenters. The lowest BCUT2D eigenvalue weighted by Gasteiger charge is -2.15. The number of hydrogen-bond donors (Lipinski definition) is 2. The number of carboxylic acid groups (broad SMARTS) is 1. The highest BCUT2D eigenvalue weighted by atomic mass is 35.5. The minimum absolute atomic E-state index is 0.0498. The first-order valence-electron chi connectivity index (χ1n) is 11.7. The summed E-state index contributed by atoms with van der Waals surface area (Å²) in [5.74, 6) is -2.19. The van der Waals surface area contributed by atoms with Gasteiger partial charge in [0.15, 0.2) is 0 Å². The molecule has 0 aliphatic heterocycles. The van der Waals surface area contributed by atoms with E-state index in [1.165, 1.54) is 12.1 Å². The van der Waals surface area contributed by atoms with Gasteiger partial charge in [0.2, 0.25) is 5.91 Å². The maximum atomic E-state index is 13.4. The Hall–Kier alpha value is -4.43. The normalized spacial score (nSPS) is 12.1. The Morgan fingerprint density at radius 2 is 1.74 bits per heavy atom. The molecule has 0 radical (unpaired) electrons. The van der Waals surface area contributed by atoms with Crippen molar-refractivity contribution in [3.63, 3.8) is 0 Å². The molecule has 2 heterocycles. The zero-order chi connectivity index (χ0) is 27.0. The Balaban J connectivity index is 1.45. The first-order valence-corrected chi connectivity index (χ1v) is 12.1. The van der Waals surface area contributed by atoms with Gasteiger partial charge in [-0.1, -0.05) is 35.9 Å². The highest BCUT2D eigenvalue weighted by molar-refractivity contribution is 6.30. The van der Waals surface area contributed by atoms with Gasteiger partial charge in [0.1, 0.15) is 23.0 Å². The van der Waals surface area contributed by atoms with Crippen LogP contribution in [0.1, 0.15) is 16.7 Å². The first-order chi connectivity index (χ1) is 18.2. The lowest BCUT2D eigenvalue weighted by atomic mass is 9.99. The molecule has 0 saturated heterocycles. The van der Waals surface area contributed by atoms with E-state index in [1.54, 1.807) is 61.7 Å². The number of carbonyl (C=O) groups excluding carboxylic acids is 1. The van der Waals surface area contributed by atoms with Crippen LogP contribution in [-0.4, -0.2) is 23.0 Å². The number of fused-ring (bicyclic) bond motifs is 2. The van der Waals surface area contributed by atoms with Crippen LogP contribution in [0.3, 0.4) is 0 Å². The summed E-state index contributed by atoms with van der Waals surface area (Å²) in [6.45, 7) is 1.70. The summed E-state index contributed by atoms with van der Waals surface area (Å²) in [5.41, 5.74) is 2.90. The average Bonchev–Trinajstić information content (AvgIpc) is 3.29. The van der Waals surface area contributed by atoms with Crippen molar-refractivity contribution in [2.24, 2.45) is 0 Å². The first kappa shape index (κ1) is 25.2. The molecule has 0 spiro atoms. The average molecular weight is 534 g/mol. The summed E-state index contributed by atoms with van der Waals surface area (Å²) >= 11 is 5.88. The van der Waals surface area contributed by atoms with E-state index in [1.807, 2.05) is 0 Å². The van der Waals surface area contributed by atoms with E-state index in [-0.39, 0.29) is 29.8 Å². The molecule has 1 amide bonds. The molecule has 0 bridgehead atoms. The van der Waals surface area contributed by atoms with Gasteiger partial charge in [0.05, 0.1) is 18.2 Å². The molecule has 3 aromatic carbocycles. The topological polar surface area (TPSA) is 110 Å². The van der Waals surface area contributed by atoms with E-state index in [0.717, 1.165) is 16.5 Å². The van der Waals surface area contributed by atoms with Crippen LogP contribution in [-0.2, 0) is 22.4 Å². The van der Waals surface area contributed by atoms with Crippen LogP contribution in [0.2, 0.25) is 5.02 Å². The van der Waals surface area contributed by atoms with Gasteiger partial charge in [-0.2, -0.15) is 0 Å². The summed E-state index contributed by atoms with van der Waals surface area (Å²) < 4.78 is 24.6. The van der Waals surface area contributed by atoms with E-state index in [0.29, 0.717) is 27.1 Å². The molecule has 5 aromatic rings. The van der Waals surface area contributed by atoms with Crippen molar-refractivity contribution in [2.75, 3.05) is 0 Å². The molecule has 0 fully saturated rings. The summed E-state index contributed by atoms with van der Waals surface area (Å²) in [4.78, 5) is 37.4. The number of carboxylic acids is 1. The minimum atomic E-state index is -1.20. The number of aryl methyl sites for hydroxylation is 1. The Labute approximate surface area is 220 Å². The largest absolute Gasteiger partial charge is 0.480 e. The predicted octanol–water partition coefficient (Wildman–Crippen LogP) is 5.66. The Bertz CT molecular complexity index is 1740. The van der Waals surface area contributed by atoms with Crippen LogP contribution in [0.25, 0.3) is 33.1 Å². The number of carbonyl (C=O) groups is 2. The van der Waals surface area contributed by atoms with Crippen molar-refractivity contribution in [1.82, 2.24) is 5.32 Å². The maximum Gasteiger partial charge on any atom is 0.340 e. The van der Waals surface area contributed by atoms with Crippen molar-refractivity contribution < 1.29 is 27.9 Å². The van der Waals surface area contributed by atoms with Crippen molar-refractivity contribution in [3.8, 4) is 11.1 Å². The van der Waals surface area contributed by atoms with Gasteiger partial charge in [0.25, 0.3) is 0 Å². The predicted molar refractivity (Wildman–Crippen MR) is 141 cm³/mol. The number of hydrogen-bond acceptors (Lipinski definition) is 5. The van der Waals surface area contributed by atoms with E-state index >= 15 is 0 Å². The lowest BCUT2D eigenvalue weighted by Crippen LogP contribution is -2.43. The number of rotatable bonds is 7. The second kappa shape index (κ2) is 10.1. The third kappa shape index (κ3) is 5.03. The van der Waals surface area contributed by atoms with Crippen molar-refractivity contribution in [3.05, 3.63) is 105 Å². The number of benzene rings is 3. The van der Waals surface area contributed by atoms with Gasteiger partial charge in [0, 0.05) is 33.8 Å². The molecule has 9 heteroatoms. The van der Waals surface area contributed by atoms with Crippen molar-refractivity contribution >= 4 is 45.4 Å². The zero-order valence-corrected chi connectivity index (χ0v) is 20.8. The van der Waals surface area contributed by atoms with Crippen LogP contribution in [0.4, 0.5) is 4.39 Å². The molecule has 0 aliphatic carbocycles. The SMILES string of the molecule is Cc1c(CC(=O)N[C@H](Cc2ccc(Cl)cc2)C(=O)O)c(=O)oc2cc3occ(-c4ccc(F)cc4)c3cc12. The molecule has 0 aliphatic rings. The van der Waals surface area contributed by atoms with Gasteiger partial charge in [-0.05, 0) is 53.9 Å². The Morgan fingerprint density at radius 3 is 2.42 bits per heavy atom. The fraction of sp³-hybridized carbons (Fsp3) is 0.138. The van der Waals surface area contributed by atoms with E-state index < -0.39 is 23.5 Å². The second-order valence-electron chi connectivity index (χ2n) is 8.96. The molecule has 38 heavy (non-hydrogen) atoms. The standard InChI is InChI=1S/C29H21ClFNO6/c1-15-20-11-22-23(17-4-8-19(31)9-5-17)14-37-25(22)13-26(20)38-29(36)21(15)12-27(33)32-24(28(34)35)10-16-2-6-18(30)7-3-16/h2-9,11,13-14,24H,10,12H2,1H3,(H,32,33)(H,34,35)/t24-/m1/s1. The highest BCUT2D eigenvalue weighted by Gasteiger charge is 2.23. The van der Waals surface area contributed by atoms with Gasteiger partial charge in [-0.15, -0.1) is 0 Å². The van der Waals surface area contributed by atoms with Gasteiger partial charge in [-0.25, -0.2) is 14.0 Å². The van der Waals surface area contributed by atoms with E-state index in [9.17, 15) is 23.9 Å². The lowest BCUT2D eigenvalue weighted by molar-refractivity contribution is -0.141. The van der Waals surface area contributed by atoms with Crippen LogP contribution in [0.5, 0.6) is 0 Å². The number of aliphatic carboxylic acids is 1. The van der Waals surface area contributed by atoms with Crippen LogP contribution in [0.15, 0.2) is 80.6 Å². The summed E-state index contributed by atoms with van der Waals surface area (Å²) in [7, 11) is 0. The molecular weight excluding hydrogens is 513 g/mol. The van der Waals surface area contributed by atoms with E-state index in [2.05, 4.69) is 5.32 Å². The van der Waals surface area contributed by atoms with Gasteiger partial charge >= 0.3 is 11.6 Å². The molecule has 5 rings (SSSR count). The fourth-order valence-corrected chi connectivity index (χ4v) is 4.56. The molecule has 0 saturated carbocycles. The number of amides is 1. The molecule has 2 N–H and O–H groups in total. The van der Waals surface area contributed by atoms with Crippen LogP contribution >= 0.6 is 11.6 Å². The highest BCUT2D eigenvalue weighted by Crippen LogP contribution is 2.34. The Morgan fingerprint density at radius 1 is 1.03 bits per heavy atom. The van der Waals surface area contributed by atoms with Crippen LogP contribution < -0.4 is 10.9 Å². The summed E-state index contributed by atoms with van der Waals surface area (Å²) in [5, 5.41) is 14.0. The van der Waals surface area contributed by atoms with Gasteiger partial charge in [-0.3, -0.25) is 4.79 Å². The fourth-order valence-electron chi connectivity index (χ4n) is 4.43. The molecular formula is C29H21ClFNO6.